The molecule has 0 atom stereocenters. The Balaban J connectivity index is -0.0000000270. The summed E-state index contributed by atoms with van der Waals surface area (Å²) in [7, 11) is -7.00. The molecule has 0 aliphatic heterocycles. The molecule has 7 N–H and O–H groups in total. The van der Waals surface area contributed by atoms with Gasteiger partial charge in [0.2, 0.25) is 0 Å². The van der Waals surface area contributed by atoms with Gasteiger partial charge in [0.25, 0.3) is 0 Å². The summed E-state index contributed by atoms with van der Waals surface area (Å²) in [5.74, 6) is 0. The molecule has 0 rings (SSSR count). The summed E-state index contributed by atoms with van der Waals surface area (Å²) in [6.07, 6.45) is 0. The third kappa shape index (κ3) is 677. The molecule has 72 valence electrons. The SMILES string of the molecule is OB(O)O.OB(O)O.[Na+].[Na+].[O-]B([O-])O. The third-order valence-corrected chi connectivity index (χ3v) is 0. The topological polar surface area (TPSA) is 188 Å². The first-order valence-corrected chi connectivity index (χ1v) is 2.28. The van der Waals surface area contributed by atoms with E-state index in [9.17, 15) is 0 Å². The minimum atomic E-state index is -2.67. The molecule has 0 bridgehead atoms. The van der Waals surface area contributed by atoms with Gasteiger partial charge in [0, 0.05) is 0 Å². The van der Waals surface area contributed by atoms with Gasteiger partial charge in [0.1, 0.15) is 0 Å². The minimum Gasteiger partial charge on any atom is -0.871 e. The van der Waals surface area contributed by atoms with Gasteiger partial charge in [-0.1, -0.05) is 0 Å². The van der Waals surface area contributed by atoms with Crippen LogP contribution in [-0.4, -0.2) is 57.1 Å². The number of hydrogen-bond donors (Lipinski definition) is 7. The van der Waals surface area contributed by atoms with Gasteiger partial charge in [0.15, 0.2) is 0 Å². The molecule has 0 amide bonds. The maximum absolute atomic E-state index is 8.53. The summed E-state index contributed by atoms with van der Waals surface area (Å²) >= 11 is 0. The number of rotatable bonds is 0. The molecule has 14 heteroatoms. The van der Waals surface area contributed by atoms with Crippen molar-refractivity contribution in [3.63, 3.8) is 0 Å². The molecule has 0 saturated heterocycles. The molecule has 0 saturated carbocycles. The summed E-state index contributed by atoms with van der Waals surface area (Å²) < 4.78 is 0. The molecular weight excluding hydrogens is 222 g/mol. The average Bonchev–Trinajstić information content (AvgIpc) is 1.54. The van der Waals surface area contributed by atoms with Crippen LogP contribution in [0.15, 0.2) is 0 Å². The Morgan fingerprint density at radius 2 is 0.571 bits per heavy atom. The molecule has 0 aromatic heterocycles. The first-order chi connectivity index (χ1) is 5.20. The smallest absolute Gasteiger partial charge is 0.871 e. The predicted octanol–water partition coefficient (Wildman–Crippen LogP) is -13.4. The summed E-state index contributed by atoms with van der Waals surface area (Å²) in [4.78, 5) is 0. The van der Waals surface area contributed by atoms with Crippen LogP contribution in [0.1, 0.15) is 0 Å². The monoisotopic (exact) mass is 230 g/mol. The fourth-order valence-corrected chi connectivity index (χ4v) is 0. The zero-order valence-electron chi connectivity index (χ0n) is 7.68. The van der Waals surface area contributed by atoms with E-state index in [1.807, 2.05) is 0 Å². The van der Waals surface area contributed by atoms with Crippen LogP contribution in [0.25, 0.3) is 0 Å². The van der Waals surface area contributed by atoms with Crippen molar-refractivity contribution >= 4 is 22.0 Å². The van der Waals surface area contributed by atoms with E-state index in [0.29, 0.717) is 0 Å². The first kappa shape index (κ1) is 29.7. The Hall–Kier alpha value is 1.83. The standard InChI is InChI=1S/2BH3O3.BHO3.2Na/c3*2-1(3)4;;/h2*2-4H;2H;;/q;;-2;2*+1. The van der Waals surface area contributed by atoms with Crippen LogP contribution >= 0.6 is 0 Å². The maximum atomic E-state index is 8.53. The van der Waals surface area contributed by atoms with Crippen molar-refractivity contribution < 1.29 is 104 Å². The van der Waals surface area contributed by atoms with Gasteiger partial charge in [0.05, 0.1) is 7.32 Å². The van der Waals surface area contributed by atoms with Crippen LogP contribution in [0.3, 0.4) is 0 Å². The van der Waals surface area contributed by atoms with Crippen LogP contribution in [-0.2, 0) is 0 Å². The Labute approximate surface area is 125 Å². The Morgan fingerprint density at radius 3 is 0.571 bits per heavy atom. The van der Waals surface area contributed by atoms with E-state index in [2.05, 4.69) is 0 Å². The quantitative estimate of drug-likeness (QED) is 0.198. The molecule has 0 fully saturated rings. The van der Waals surface area contributed by atoms with Crippen LogP contribution in [0.2, 0.25) is 0 Å². The van der Waals surface area contributed by atoms with Crippen molar-refractivity contribution in [3.8, 4) is 0 Å². The summed E-state index contributed by atoms with van der Waals surface area (Å²) in [6, 6.07) is 0. The zero-order chi connectivity index (χ0) is 10.7. The molecule has 0 aliphatic rings. The van der Waals surface area contributed by atoms with E-state index in [1.54, 1.807) is 0 Å². The number of hydrogen-bond acceptors (Lipinski definition) is 9. The predicted molar refractivity (Wildman–Crippen MR) is 32.8 cm³/mol. The molecule has 0 aromatic rings. The molecule has 0 heterocycles. The molecule has 0 aromatic carbocycles. The molecular formula is H7B3Na2O9. The van der Waals surface area contributed by atoms with Crippen molar-refractivity contribution in [1.29, 1.82) is 0 Å². The largest absolute Gasteiger partial charge is 1.00 e. The normalized spacial score (nSPS) is 5.79. The fourth-order valence-electron chi connectivity index (χ4n) is 0. The molecule has 9 nitrogen and oxygen atoms in total. The van der Waals surface area contributed by atoms with E-state index >= 15 is 0 Å². The van der Waals surface area contributed by atoms with Crippen LogP contribution in [0.5, 0.6) is 0 Å². The minimum absolute atomic E-state index is 0. The third-order valence-electron chi connectivity index (χ3n) is 0. The van der Waals surface area contributed by atoms with Crippen LogP contribution in [0.4, 0.5) is 0 Å². The fraction of sp³-hybridized carbons (Fsp3) is 0. The summed E-state index contributed by atoms with van der Waals surface area (Å²) in [6.45, 7) is 0. The van der Waals surface area contributed by atoms with Gasteiger partial charge in [-0.15, -0.1) is 0 Å². The van der Waals surface area contributed by atoms with Gasteiger partial charge < -0.3 is 45.2 Å². The van der Waals surface area contributed by atoms with E-state index in [0.717, 1.165) is 0 Å². The Kier molecular flexibility index (Phi) is 51.3. The molecule has 0 aliphatic carbocycles. The molecule has 0 radical (unpaired) electrons. The Bertz CT molecular complexity index is 46.5. The van der Waals surface area contributed by atoms with Gasteiger partial charge >= 0.3 is 73.8 Å². The first-order valence-electron chi connectivity index (χ1n) is 2.28. The van der Waals surface area contributed by atoms with Crippen LogP contribution in [0, 0.1) is 0 Å². The van der Waals surface area contributed by atoms with Crippen molar-refractivity contribution in [1.82, 2.24) is 0 Å². The van der Waals surface area contributed by atoms with Crippen molar-refractivity contribution in [2.45, 2.75) is 0 Å². The van der Waals surface area contributed by atoms with E-state index in [4.69, 9.17) is 45.2 Å². The second-order valence-corrected chi connectivity index (χ2v) is 1.000. The van der Waals surface area contributed by atoms with E-state index in [1.165, 1.54) is 0 Å². The second-order valence-electron chi connectivity index (χ2n) is 1.000. The molecule has 0 unspecified atom stereocenters. The van der Waals surface area contributed by atoms with Gasteiger partial charge in [-0.3, -0.25) is 0 Å². The van der Waals surface area contributed by atoms with Gasteiger partial charge in [-0.25, -0.2) is 0 Å². The Morgan fingerprint density at radius 1 is 0.571 bits per heavy atom. The van der Waals surface area contributed by atoms with Crippen molar-refractivity contribution in [3.05, 3.63) is 0 Å². The molecule has 0 spiro atoms. The summed E-state index contributed by atoms with van der Waals surface area (Å²) in [5, 5.41) is 67.0. The molecule has 14 heavy (non-hydrogen) atoms. The van der Waals surface area contributed by atoms with Crippen LogP contribution < -0.4 is 69.2 Å². The van der Waals surface area contributed by atoms with Gasteiger partial charge in [-0.2, -0.15) is 0 Å². The van der Waals surface area contributed by atoms with E-state index < -0.39 is 22.0 Å². The zero-order valence-corrected chi connectivity index (χ0v) is 11.7. The second kappa shape index (κ2) is 24.2. The summed E-state index contributed by atoms with van der Waals surface area (Å²) in [5.41, 5.74) is 0. The van der Waals surface area contributed by atoms with Crippen molar-refractivity contribution in [2.24, 2.45) is 0 Å². The average molecular weight is 229 g/mol. The maximum Gasteiger partial charge on any atom is 1.00 e. The van der Waals surface area contributed by atoms with E-state index in [-0.39, 0.29) is 59.1 Å². The van der Waals surface area contributed by atoms with Crippen molar-refractivity contribution in [2.75, 3.05) is 0 Å². The van der Waals surface area contributed by atoms with Gasteiger partial charge in [-0.05, 0) is 0 Å².